The van der Waals surface area contributed by atoms with Crippen molar-refractivity contribution in [2.24, 2.45) is 0 Å². The number of rotatable bonds is 7. The molecule has 2 aromatic carbocycles. The number of halogens is 4. The summed E-state index contributed by atoms with van der Waals surface area (Å²) in [6, 6.07) is 12.4. The third kappa shape index (κ3) is 7.41. The highest BCUT2D eigenvalue weighted by Crippen LogP contribution is 2.28. The third-order valence-corrected chi connectivity index (χ3v) is 3.20. The minimum Gasteiger partial charge on any atom is -0.435 e. The quantitative estimate of drug-likeness (QED) is 0.438. The van der Waals surface area contributed by atoms with Gasteiger partial charge < -0.3 is 14.8 Å². The average molecular weight is 393 g/mol. The van der Waals surface area contributed by atoms with Crippen LogP contribution in [0.25, 0.3) is 6.08 Å². The lowest BCUT2D eigenvalue weighted by molar-refractivity contribution is -0.116. The van der Waals surface area contributed by atoms with E-state index in [1.807, 2.05) is 30.3 Å². The molecule has 28 heavy (non-hydrogen) atoms. The minimum atomic E-state index is -3.17. The molecule has 0 saturated heterocycles. The summed E-state index contributed by atoms with van der Waals surface area (Å²) in [5, 5.41) is 2.51. The Morgan fingerprint density at radius 1 is 1.04 bits per heavy atom. The molecule has 0 heterocycles. The van der Waals surface area contributed by atoms with Gasteiger partial charge in [0, 0.05) is 23.3 Å². The Labute approximate surface area is 158 Å². The van der Waals surface area contributed by atoms with Gasteiger partial charge in [-0.15, -0.1) is 0 Å². The highest BCUT2D eigenvalue weighted by Gasteiger charge is 2.12. The van der Waals surface area contributed by atoms with E-state index in [-0.39, 0.29) is 17.9 Å². The molecule has 8 heteroatoms. The van der Waals surface area contributed by atoms with E-state index in [2.05, 4.69) is 26.6 Å². The van der Waals surface area contributed by atoms with Crippen LogP contribution in [0.2, 0.25) is 0 Å². The molecular formula is C20H15F4NO3. The fraction of sp³-hybridized carbons (Fsp3) is 0.150. The fourth-order valence-corrected chi connectivity index (χ4v) is 2.05. The van der Waals surface area contributed by atoms with Crippen LogP contribution in [0.5, 0.6) is 11.5 Å². The number of carbonyl (C=O) groups is 1. The number of hydrogen-bond donors (Lipinski definition) is 1. The molecule has 2 rings (SSSR count). The molecule has 0 fully saturated rings. The summed E-state index contributed by atoms with van der Waals surface area (Å²) in [5.41, 5.74) is 0.889. The van der Waals surface area contributed by atoms with Crippen molar-refractivity contribution < 1.29 is 31.8 Å². The zero-order valence-corrected chi connectivity index (χ0v) is 14.4. The van der Waals surface area contributed by atoms with Crippen LogP contribution in [0.15, 0.2) is 54.6 Å². The third-order valence-electron chi connectivity index (χ3n) is 3.20. The number of carbonyl (C=O) groups excluding carboxylic acids is 1. The molecule has 0 aromatic heterocycles. The van der Waals surface area contributed by atoms with Crippen LogP contribution in [0, 0.1) is 11.8 Å². The van der Waals surface area contributed by atoms with E-state index in [0.29, 0.717) is 0 Å². The van der Waals surface area contributed by atoms with Gasteiger partial charge in [-0.2, -0.15) is 17.6 Å². The number of alkyl halides is 4. The van der Waals surface area contributed by atoms with Crippen LogP contribution < -0.4 is 14.8 Å². The van der Waals surface area contributed by atoms with Crippen molar-refractivity contribution >= 4 is 12.0 Å². The van der Waals surface area contributed by atoms with Crippen molar-refractivity contribution in [3.05, 3.63) is 65.7 Å². The van der Waals surface area contributed by atoms with E-state index >= 15 is 0 Å². The molecule has 2 aromatic rings. The second-order valence-electron chi connectivity index (χ2n) is 5.18. The first-order valence-electron chi connectivity index (χ1n) is 7.97. The van der Waals surface area contributed by atoms with Crippen LogP contribution in [0.1, 0.15) is 11.1 Å². The van der Waals surface area contributed by atoms with Gasteiger partial charge in [-0.05, 0) is 30.3 Å². The molecule has 0 aliphatic heterocycles. The van der Waals surface area contributed by atoms with Gasteiger partial charge in [0.15, 0.2) is 0 Å². The highest BCUT2D eigenvalue weighted by atomic mass is 19.3. The van der Waals surface area contributed by atoms with Gasteiger partial charge in [-0.1, -0.05) is 30.0 Å². The van der Waals surface area contributed by atoms with Crippen molar-refractivity contribution in [3.63, 3.8) is 0 Å². The standard InChI is InChI=1S/C20H15F4NO3/c21-19(22)27-16-10-8-15(17(13-16)28-20(23)24)9-11-18(26)25-12-4-7-14-5-2-1-3-6-14/h1-3,5-6,8-11,13,19-20H,12H2,(H,25,26)/b11-9+. The van der Waals surface area contributed by atoms with E-state index in [1.165, 1.54) is 12.1 Å². The first-order chi connectivity index (χ1) is 13.4. The number of nitrogens with one attached hydrogen (secondary N) is 1. The van der Waals surface area contributed by atoms with Crippen LogP contribution in [-0.4, -0.2) is 25.7 Å². The molecule has 146 valence electrons. The Kier molecular flexibility index (Phi) is 7.91. The summed E-state index contributed by atoms with van der Waals surface area (Å²) in [6.07, 6.45) is 2.30. The van der Waals surface area contributed by atoms with Crippen molar-refractivity contribution in [2.75, 3.05) is 6.54 Å². The van der Waals surface area contributed by atoms with Crippen molar-refractivity contribution in [3.8, 4) is 23.3 Å². The van der Waals surface area contributed by atoms with Crippen LogP contribution in [0.3, 0.4) is 0 Å². The molecular weight excluding hydrogens is 378 g/mol. The summed E-state index contributed by atoms with van der Waals surface area (Å²) in [6.45, 7) is -6.20. The maximum absolute atomic E-state index is 12.5. The topological polar surface area (TPSA) is 47.6 Å². The molecule has 0 atom stereocenters. The molecule has 1 N–H and O–H groups in total. The Balaban J connectivity index is 1.99. The van der Waals surface area contributed by atoms with E-state index in [0.717, 1.165) is 23.8 Å². The van der Waals surface area contributed by atoms with Gasteiger partial charge in [-0.3, -0.25) is 4.79 Å². The molecule has 0 aliphatic carbocycles. The lowest BCUT2D eigenvalue weighted by atomic mass is 10.1. The molecule has 0 radical (unpaired) electrons. The average Bonchev–Trinajstić information content (AvgIpc) is 2.64. The van der Waals surface area contributed by atoms with E-state index < -0.39 is 24.9 Å². The van der Waals surface area contributed by atoms with E-state index in [9.17, 15) is 22.4 Å². The monoisotopic (exact) mass is 393 g/mol. The Hall–Kier alpha value is -3.47. The van der Waals surface area contributed by atoms with Crippen LogP contribution >= 0.6 is 0 Å². The first-order valence-corrected chi connectivity index (χ1v) is 7.97. The predicted molar refractivity (Wildman–Crippen MR) is 95.1 cm³/mol. The maximum atomic E-state index is 12.5. The lowest BCUT2D eigenvalue weighted by Crippen LogP contribution is -2.20. The van der Waals surface area contributed by atoms with Gasteiger partial charge in [0.2, 0.25) is 5.91 Å². The van der Waals surface area contributed by atoms with Gasteiger partial charge in [-0.25, -0.2) is 0 Å². The minimum absolute atomic E-state index is 0.0830. The molecule has 4 nitrogen and oxygen atoms in total. The second kappa shape index (κ2) is 10.6. The number of amides is 1. The summed E-state index contributed by atoms with van der Waals surface area (Å²) < 4.78 is 57.9. The van der Waals surface area contributed by atoms with Gasteiger partial charge in [0.05, 0.1) is 6.54 Å². The maximum Gasteiger partial charge on any atom is 0.387 e. The van der Waals surface area contributed by atoms with Gasteiger partial charge >= 0.3 is 13.2 Å². The normalized spacial score (nSPS) is 10.6. The number of ether oxygens (including phenoxy) is 2. The van der Waals surface area contributed by atoms with Gasteiger partial charge in [0.25, 0.3) is 0 Å². The Morgan fingerprint density at radius 3 is 2.43 bits per heavy atom. The van der Waals surface area contributed by atoms with E-state index in [4.69, 9.17) is 0 Å². The number of benzene rings is 2. The number of hydrogen-bond acceptors (Lipinski definition) is 3. The first kappa shape index (κ1) is 20.8. The zero-order chi connectivity index (χ0) is 20.4. The smallest absolute Gasteiger partial charge is 0.387 e. The second-order valence-corrected chi connectivity index (χ2v) is 5.18. The fourth-order valence-electron chi connectivity index (χ4n) is 2.05. The molecule has 0 bridgehead atoms. The van der Waals surface area contributed by atoms with Crippen molar-refractivity contribution in [2.45, 2.75) is 13.2 Å². The summed E-state index contributed by atoms with van der Waals surface area (Å²) in [5.74, 6) is 4.36. The molecule has 0 spiro atoms. The summed E-state index contributed by atoms with van der Waals surface area (Å²) in [7, 11) is 0. The summed E-state index contributed by atoms with van der Waals surface area (Å²) in [4.78, 5) is 11.8. The molecule has 0 aliphatic rings. The van der Waals surface area contributed by atoms with Crippen molar-refractivity contribution in [1.82, 2.24) is 5.32 Å². The van der Waals surface area contributed by atoms with Crippen LogP contribution in [-0.2, 0) is 4.79 Å². The largest absolute Gasteiger partial charge is 0.435 e. The summed E-state index contributed by atoms with van der Waals surface area (Å²) >= 11 is 0. The SMILES string of the molecule is O=C(/C=C/c1ccc(OC(F)F)cc1OC(F)F)NCC#Cc1ccccc1. The Bertz CT molecular complexity index is 874. The lowest BCUT2D eigenvalue weighted by Gasteiger charge is -2.11. The molecule has 0 saturated carbocycles. The molecule has 0 unspecified atom stereocenters. The van der Waals surface area contributed by atoms with Crippen LogP contribution in [0.4, 0.5) is 17.6 Å². The van der Waals surface area contributed by atoms with Crippen molar-refractivity contribution in [1.29, 1.82) is 0 Å². The highest BCUT2D eigenvalue weighted by molar-refractivity contribution is 5.92. The zero-order valence-electron chi connectivity index (χ0n) is 14.4. The van der Waals surface area contributed by atoms with E-state index in [1.54, 1.807) is 0 Å². The Morgan fingerprint density at radius 2 is 1.75 bits per heavy atom. The molecule has 1 amide bonds. The predicted octanol–water partition coefficient (Wildman–Crippen LogP) is 4.07. The van der Waals surface area contributed by atoms with Gasteiger partial charge in [0.1, 0.15) is 11.5 Å².